The van der Waals surface area contributed by atoms with Gasteiger partial charge in [-0.3, -0.25) is 0 Å². The third-order valence-corrected chi connectivity index (χ3v) is 4.57. The number of aromatic nitrogens is 4. The highest BCUT2D eigenvalue weighted by Crippen LogP contribution is 2.20. The normalized spacial score (nSPS) is 11.0. The summed E-state index contributed by atoms with van der Waals surface area (Å²) in [5.41, 5.74) is 4.41. The Morgan fingerprint density at radius 2 is 2.00 bits per heavy atom. The molecule has 0 unspecified atom stereocenters. The molecule has 0 aliphatic rings. The van der Waals surface area contributed by atoms with Gasteiger partial charge in [0.1, 0.15) is 5.82 Å². The van der Waals surface area contributed by atoms with Crippen molar-refractivity contribution >= 4 is 16.7 Å². The van der Waals surface area contributed by atoms with Gasteiger partial charge in [-0.1, -0.05) is 18.2 Å². The number of hydrogen-bond acceptors (Lipinski definition) is 6. The highest BCUT2D eigenvalue weighted by Gasteiger charge is 2.13. The number of hydrogen-bond donors (Lipinski definition) is 1. The van der Waals surface area contributed by atoms with E-state index >= 15 is 0 Å². The lowest BCUT2D eigenvalue weighted by Crippen LogP contribution is -2.03. The summed E-state index contributed by atoms with van der Waals surface area (Å²) in [6, 6.07) is 10.2. The van der Waals surface area contributed by atoms with Crippen LogP contribution in [-0.2, 0) is 17.7 Å². The lowest BCUT2D eigenvalue weighted by atomic mass is 10.2. The van der Waals surface area contributed by atoms with E-state index in [0.717, 1.165) is 34.5 Å². The molecule has 1 aromatic carbocycles. The Hall–Kier alpha value is -2.25. The standard InChI is InChI=1S/C17H21N5OS/c1-12-15(11-18-17-19-16(21-24-17)9-10-23-3)13(2)22(20-12)14-7-5-4-6-8-14/h4-8H,9-11H2,1-3H3,(H,18,19,21). The van der Waals surface area contributed by atoms with Crippen LogP contribution in [0.3, 0.4) is 0 Å². The minimum absolute atomic E-state index is 0.637. The highest BCUT2D eigenvalue weighted by molar-refractivity contribution is 7.09. The van der Waals surface area contributed by atoms with E-state index in [9.17, 15) is 0 Å². The van der Waals surface area contributed by atoms with E-state index in [1.165, 1.54) is 17.1 Å². The summed E-state index contributed by atoms with van der Waals surface area (Å²) in [6.45, 7) is 5.45. The fourth-order valence-corrected chi connectivity index (χ4v) is 3.14. The number of ether oxygens (including phenoxy) is 1. The van der Waals surface area contributed by atoms with Crippen LogP contribution in [0.4, 0.5) is 5.13 Å². The van der Waals surface area contributed by atoms with Crippen molar-refractivity contribution in [1.82, 2.24) is 19.1 Å². The number of nitrogens with zero attached hydrogens (tertiary/aromatic N) is 4. The molecule has 3 aromatic rings. The van der Waals surface area contributed by atoms with Crippen molar-refractivity contribution in [1.29, 1.82) is 0 Å². The molecule has 0 saturated carbocycles. The van der Waals surface area contributed by atoms with Crippen molar-refractivity contribution in [3.05, 3.63) is 53.1 Å². The zero-order chi connectivity index (χ0) is 16.9. The summed E-state index contributed by atoms with van der Waals surface area (Å²) >= 11 is 1.38. The summed E-state index contributed by atoms with van der Waals surface area (Å²) in [4.78, 5) is 4.48. The molecule has 7 heteroatoms. The maximum absolute atomic E-state index is 5.05. The molecule has 2 aromatic heterocycles. The van der Waals surface area contributed by atoms with E-state index in [1.807, 2.05) is 29.8 Å². The van der Waals surface area contributed by atoms with Gasteiger partial charge in [-0.2, -0.15) is 9.47 Å². The van der Waals surface area contributed by atoms with Crippen LogP contribution >= 0.6 is 11.5 Å². The van der Waals surface area contributed by atoms with Gasteiger partial charge in [-0.15, -0.1) is 0 Å². The summed E-state index contributed by atoms with van der Waals surface area (Å²) in [5.74, 6) is 0.817. The average Bonchev–Trinajstić information content (AvgIpc) is 3.17. The Morgan fingerprint density at radius 1 is 1.21 bits per heavy atom. The van der Waals surface area contributed by atoms with Gasteiger partial charge in [-0.25, -0.2) is 9.67 Å². The molecular weight excluding hydrogens is 322 g/mol. The van der Waals surface area contributed by atoms with Crippen molar-refractivity contribution in [2.45, 2.75) is 26.8 Å². The van der Waals surface area contributed by atoms with Crippen molar-refractivity contribution in [2.24, 2.45) is 0 Å². The fourth-order valence-electron chi connectivity index (χ4n) is 2.54. The number of methoxy groups -OCH3 is 1. The molecule has 1 N–H and O–H groups in total. The maximum atomic E-state index is 5.05. The van der Waals surface area contributed by atoms with Crippen LogP contribution in [0.25, 0.3) is 5.69 Å². The molecule has 0 fully saturated rings. The van der Waals surface area contributed by atoms with E-state index in [4.69, 9.17) is 4.74 Å². The zero-order valence-corrected chi connectivity index (χ0v) is 14.9. The first-order chi connectivity index (χ1) is 11.7. The first-order valence-electron chi connectivity index (χ1n) is 7.85. The van der Waals surface area contributed by atoms with Crippen LogP contribution in [0.15, 0.2) is 30.3 Å². The monoisotopic (exact) mass is 343 g/mol. The van der Waals surface area contributed by atoms with Gasteiger partial charge in [0.05, 0.1) is 18.0 Å². The molecule has 0 amide bonds. The van der Waals surface area contributed by atoms with E-state index in [2.05, 4.69) is 38.8 Å². The highest BCUT2D eigenvalue weighted by atomic mass is 32.1. The Labute approximate surface area is 145 Å². The molecule has 126 valence electrons. The lowest BCUT2D eigenvalue weighted by molar-refractivity contribution is 0.201. The van der Waals surface area contributed by atoms with Crippen LogP contribution < -0.4 is 5.32 Å². The summed E-state index contributed by atoms with van der Waals surface area (Å²) < 4.78 is 11.4. The van der Waals surface area contributed by atoms with Crippen molar-refractivity contribution in [3.8, 4) is 5.69 Å². The Bertz CT molecular complexity index is 797. The molecular formula is C17H21N5OS. The number of benzene rings is 1. The Morgan fingerprint density at radius 3 is 2.75 bits per heavy atom. The smallest absolute Gasteiger partial charge is 0.202 e. The van der Waals surface area contributed by atoms with Gasteiger partial charge in [0.15, 0.2) is 0 Å². The minimum atomic E-state index is 0.637. The average molecular weight is 343 g/mol. The first-order valence-corrected chi connectivity index (χ1v) is 8.62. The molecule has 0 atom stereocenters. The lowest BCUT2D eigenvalue weighted by Gasteiger charge is -2.05. The molecule has 3 rings (SSSR count). The van der Waals surface area contributed by atoms with Gasteiger partial charge in [0.25, 0.3) is 0 Å². The molecule has 0 aliphatic carbocycles. The number of para-hydroxylation sites is 1. The number of nitrogens with one attached hydrogen (secondary N) is 1. The topological polar surface area (TPSA) is 64.9 Å². The van der Waals surface area contributed by atoms with E-state index in [1.54, 1.807) is 7.11 Å². The Balaban J connectivity index is 1.72. The third kappa shape index (κ3) is 3.63. The summed E-state index contributed by atoms with van der Waals surface area (Å²) in [5, 5.41) is 8.85. The second-order valence-corrected chi connectivity index (χ2v) is 6.26. The quantitative estimate of drug-likeness (QED) is 0.714. The predicted molar refractivity (Wildman–Crippen MR) is 95.9 cm³/mol. The summed E-state index contributed by atoms with van der Waals surface area (Å²) in [6.07, 6.45) is 0.735. The summed E-state index contributed by atoms with van der Waals surface area (Å²) in [7, 11) is 1.68. The molecule has 2 heterocycles. The predicted octanol–water partition coefficient (Wildman–Crippen LogP) is 3.14. The van der Waals surface area contributed by atoms with E-state index in [0.29, 0.717) is 13.2 Å². The minimum Gasteiger partial charge on any atom is -0.384 e. The maximum Gasteiger partial charge on any atom is 0.202 e. The number of rotatable bonds is 7. The molecule has 24 heavy (non-hydrogen) atoms. The molecule has 6 nitrogen and oxygen atoms in total. The molecule has 0 saturated heterocycles. The van der Waals surface area contributed by atoms with Gasteiger partial charge in [-0.05, 0) is 26.0 Å². The van der Waals surface area contributed by atoms with Crippen LogP contribution in [0.1, 0.15) is 22.8 Å². The molecule has 0 radical (unpaired) electrons. The largest absolute Gasteiger partial charge is 0.384 e. The fraction of sp³-hybridized carbons (Fsp3) is 0.353. The van der Waals surface area contributed by atoms with Crippen LogP contribution in [0.2, 0.25) is 0 Å². The second-order valence-electron chi connectivity index (χ2n) is 5.51. The van der Waals surface area contributed by atoms with E-state index < -0.39 is 0 Å². The number of aryl methyl sites for hydroxylation is 1. The van der Waals surface area contributed by atoms with Crippen molar-refractivity contribution < 1.29 is 4.74 Å². The molecule has 0 aliphatic heterocycles. The van der Waals surface area contributed by atoms with Crippen molar-refractivity contribution in [2.75, 3.05) is 19.0 Å². The van der Waals surface area contributed by atoms with E-state index in [-0.39, 0.29) is 0 Å². The SMILES string of the molecule is COCCc1nsc(NCc2c(C)nn(-c3ccccc3)c2C)n1. The molecule has 0 bridgehead atoms. The van der Waals surface area contributed by atoms with Gasteiger partial charge in [0, 0.05) is 42.9 Å². The second kappa shape index (κ2) is 7.55. The van der Waals surface area contributed by atoms with Crippen LogP contribution in [0.5, 0.6) is 0 Å². The molecule has 0 spiro atoms. The Kier molecular flexibility index (Phi) is 5.22. The van der Waals surface area contributed by atoms with Gasteiger partial charge in [0.2, 0.25) is 5.13 Å². The van der Waals surface area contributed by atoms with Gasteiger partial charge >= 0.3 is 0 Å². The van der Waals surface area contributed by atoms with Gasteiger partial charge < -0.3 is 10.1 Å². The first kappa shape index (κ1) is 16.6. The number of anilines is 1. The van der Waals surface area contributed by atoms with Crippen molar-refractivity contribution in [3.63, 3.8) is 0 Å². The van der Waals surface area contributed by atoms with Crippen LogP contribution in [-0.4, -0.2) is 32.9 Å². The third-order valence-electron chi connectivity index (χ3n) is 3.86. The van der Waals surface area contributed by atoms with Crippen LogP contribution in [0, 0.1) is 13.8 Å². The zero-order valence-electron chi connectivity index (χ0n) is 14.1.